The van der Waals surface area contributed by atoms with Crippen LogP contribution in [0.5, 0.6) is 11.5 Å². The summed E-state index contributed by atoms with van der Waals surface area (Å²) in [5.41, 5.74) is 7.84. The van der Waals surface area contributed by atoms with Crippen LogP contribution in [0.1, 0.15) is 18.3 Å². The number of aromatic amines is 1. The highest BCUT2D eigenvalue weighted by atomic mass is 16.5. The molecule has 3 N–H and O–H groups in total. The number of rotatable bonds is 7. The van der Waals surface area contributed by atoms with Gasteiger partial charge in [0.05, 0.1) is 32.2 Å². The lowest BCUT2D eigenvalue weighted by Crippen LogP contribution is -2.14. The molecule has 0 amide bonds. The van der Waals surface area contributed by atoms with Crippen molar-refractivity contribution >= 4 is 0 Å². The van der Waals surface area contributed by atoms with Crippen LogP contribution in [0.3, 0.4) is 0 Å². The minimum atomic E-state index is -0.178. The number of ether oxygens (including phenoxy) is 3. The molecule has 6 nitrogen and oxygen atoms in total. The van der Waals surface area contributed by atoms with Gasteiger partial charge in [0.1, 0.15) is 17.3 Å². The zero-order chi connectivity index (χ0) is 15.2. The molecule has 1 heterocycles. The SMILES string of the molecule is COCCC(N)c1ncc(-c2ccc(OC)cc2OC)[nH]1. The second-order valence-corrected chi connectivity index (χ2v) is 4.64. The molecule has 0 fully saturated rings. The number of imidazole rings is 1. The topological polar surface area (TPSA) is 82.4 Å². The van der Waals surface area contributed by atoms with Crippen molar-refractivity contribution in [3.05, 3.63) is 30.2 Å². The molecule has 1 aromatic heterocycles. The summed E-state index contributed by atoms with van der Waals surface area (Å²) in [6.07, 6.45) is 2.47. The molecule has 0 radical (unpaired) electrons. The molecule has 6 heteroatoms. The Morgan fingerprint density at radius 2 is 2.05 bits per heavy atom. The highest BCUT2D eigenvalue weighted by molar-refractivity contribution is 5.68. The van der Waals surface area contributed by atoms with Gasteiger partial charge in [0.25, 0.3) is 0 Å². The van der Waals surface area contributed by atoms with E-state index in [1.54, 1.807) is 27.5 Å². The Kier molecular flexibility index (Phi) is 5.19. The van der Waals surface area contributed by atoms with Crippen LogP contribution < -0.4 is 15.2 Å². The lowest BCUT2D eigenvalue weighted by molar-refractivity contribution is 0.187. The van der Waals surface area contributed by atoms with Crippen molar-refractivity contribution in [2.45, 2.75) is 12.5 Å². The number of hydrogen-bond donors (Lipinski definition) is 2. The van der Waals surface area contributed by atoms with E-state index in [9.17, 15) is 0 Å². The van der Waals surface area contributed by atoms with Gasteiger partial charge >= 0.3 is 0 Å². The molecule has 114 valence electrons. The van der Waals surface area contributed by atoms with Gasteiger partial charge in [-0.15, -0.1) is 0 Å². The van der Waals surface area contributed by atoms with E-state index in [1.165, 1.54) is 0 Å². The number of nitrogens with zero attached hydrogens (tertiary/aromatic N) is 1. The predicted molar refractivity (Wildman–Crippen MR) is 80.5 cm³/mol. The first-order chi connectivity index (χ1) is 10.2. The third-order valence-electron chi connectivity index (χ3n) is 3.28. The maximum atomic E-state index is 6.06. The molecule has 1 atom stereocenters. The van der Waals surface area contributed by atoms with E-state index in [1.807, 2.05) is 18.2 Å². The van der Waals surface area contributed by atoms with Crippen molar-refractivity contribution in [1.82, 2.24) is 9.97 Å². The fraction of sp³-hybridized carbons (Fsp3) is 0.400. The van der Waals surface area contributed by atoms with Gasteiger partial charge in [-0.1, -0.05) is 0 Å². The van der Waals surface area contributed by atoms with E-state index < -0.39 is 0 Å². The number of nitrogens with two attached hydrogens (primary N) is 1. The quantitative estimate of drug-likeness (QED) is 0.816. The second-order valence-electron chi connectivity index (χ2n) is 4.64. The second kappa shape index (κ2) is 7.10. The molecule has 0 saturated heterocycles. The largest absolute Gasteiger partial charge is 0.497 e. The van der Waals surface area contributed by atoms with Gasteiger partial charge in [0, 0.05) is 25.3 Å². The fourth-order valence-electron chi connectivity index (χ4n) is 2.06. The Morgan fingerprint density at radius 3 is 2.71 bits per heavy atom. The smallest absolute Gasteiger partial charge is 0.131 e. The molecule has 21 heavy (non-hydrogen) atoms. The number of nitrogens with one attached hydrogen (secondary N) is 1. The molecule has 0 bridgehead atoms. The Bertz CT molecular complexity index is 583. The first kappa shape index (κ1) is 15.3. The minimum Gasteiger partial charge on any atom is -0.497 e. The molecule has 0 aliphatic carbocycles. The number of methoxy groups -OCH3 is 3. The number of benzene rings is 1. The van der Waals surface area contributed by atoms with Gasteiger partial charge < -0.3 is 24.9 Å². The van der Waals surface area contributed by atoms with Crippen LogP contribution in [0.15, 0.2) is 24.4 Å². The number of hydrogen-bond acceptors (Lipinski definition) is 5. The van der Waals surface area contributed by atoms with Crippen LogP contribution in [0.2, 0.25) is 0 Å². The summed E-state index contributed by atoms with van der Waals surface area (Å²) in [6.45, 7) is 0.600. The summed E-state index contributed by atoms with van der Waals surface area (Å²) in [5.74, 6) is 2.20. The molecular weight excluding hydrogens is 270 g/mol. The molecule has 2 aromatic rings. The normalized spacial score (nSPS) is 12.2. The van der Waals surface area contributed by atoms with E-state index >= 15 is 0 Å². The van der Waals surface area contributed by atoms with Gasteiger partial charge in [-0.05, 0) is 18.6 Å². The average Bonchev–Trinajstić information content (AvgIpc) is 3.01. The van der Waals surface area contributed by atoms with Gasteiger partial charge in [-0.3, -0.25) is 0 Å². The monoisotopic (exact) mass is 291 g/mol. The van der Waals surface area contributed by atoms with Gasteiger partial charge in [-0.2, -0.15) is 0 Å². The average molecular weight is 291 g/mol. The molecule has 0 aliphatic heterocycles. The lowest BCUT2D eigenvalue weighted by atomic mass is 10.1. The number of H-pyrrole nitrogens is 1. The van der Waals surface area contributed by atoms with Crippen molar-refractivity contribution < 1.29 is 14.2 Å². The molecular formula is C15H21N3O3. The van der Waals surface area contributed by atoms with Gasteiger partial charge in [0.2, 0.25) is 0 Å². The standard InChI is InChI=1S/C15H21N3O3/c1-19-7-6-12(16)15-17-9-13(18-15)11-5-4-10(20-2)8-14(11)21-3/h4-5,8-9,12H,6-7,16H2,1-3H3,(H,17,18). The Labute approximate surface area is 124 Å². The number of aromatic nitrogens is 2. The molecule has 0 aliphatic rings. The summed E-state index contributed by atoms with van der Waals surface area (Å²) in [7, 11) is 4.90. The Morgan fingerprint density at radius 1 is 1.24 bits per heavy atom. The summed E-state index contributed by atoms with van der Waals surface area (Å²) >= 11 is 0. The minimum absolute atomic E-state index is 0.178. The third-order valence-corrected chi connectivity index (χ3v) is 3.28. The maximum Gasteiger partial charge on any atom is 0.131 e. The fourth-order valence-corrected chi connectivity index (χ4v) is 2.06. The van der Waals surface area contributed by atoms with Crippen molar-refractivity contribution in [2.75, 3.05) is 27.9 Å². The zero-order valence-corrected chi connectivity index (χ0v) is 12.6. The highest BCUT2D eigenvalue weighted by Gasteiger charge is 2.14. The van der Waals surface area contributed by atoms with Gasteiger partial charge in [0.15, 0.2) is 0 Å². The van der Waals surface area contributed by atoms with Crippen molar-refractivity contribution in [2.24, 2.45) is 5.73 Å². The van der Waals surface area contributed by atoms with Crippen LogP contribution in [-0.2, 0) is 4.74 Å². The van der Waals surface area contributed by atoms with E-state index in [2.05, 4.69) is 9.97 Å². The molecule has 0 spiro atoms. The van der Waals surface area contributed by atoms with E-state index in [0.29, 0.717) is 13.0 Å². The van der Waals surface area contributed by atoms with Crippen LogP contribution in [-0.4, -0.2) is 37.9 Å². The summed E-state index contributed by atoms with van der Waals surface area (Å²) in [4.78, 5) is 7.58. The van der Waals surface area contributed by atoms with Crippen LogP contribution in [0, 0.1) is 0 Å². The molecule has 1 aromatic carbocycles. The summed E-state index contributed by atoms with van der Waals surface area (Å²) in [6, 6.07) is 5.46. The highest BCUT2D eigenvalue weighted by Crippen LogP contribution is 2.32. The summed E-state index contributed by atoms with van der Waals surface area (Å²) < 4.78 is 15.6. The maximum absolute atomic E-state index is 6.06. The first-order valence-electron chi connectivity index (χ1n) is 6.71. The van der Waals surface area contributed by atoms with E-state index in [0.717, 1.165) is 28.6 Å². The predicted octanol–water partition coefficient (Wildman–Crippen LogP) is 2.13. The molecule has 0 saturated carbocycles. The van der Waals surface area contributed by atoms with Crippen molar-refractivity contribution in [3.8, 4) is 22.8 Å². The first-order valence-corrected chi connectivity index (χ1v) is 6.71. The lowest BCUT2D eigenvalue weighted by Gasteiger charge is -2.10. The van der Waals surface area contributed by atoms with Crippen molar-refractivity contribution in [1.29, 1.82) is 0 Å². The summed E-state index contributed by atoms with van der Waals surface area (Å²) in [5, 5.41) is 0. The van der Waals surface area contributed by atoms with Crippen LogP contribution >= 0.6 is 0 Å². The molecule has 1 unspecified atom stereocenters. The van der Waals surface area contributed by atoms with E-state index in [4.69, 9.17) is 19.9 Å². The van der Waals surface area contributed by atoms with Gasteiger partial charge in [-0.25, -0.2) is 4.98 Å². The Balaban J connectivity index is 2.24. The molecule has 2 rings (SSSR count). The zero-order valence-electron chi connectivity index (χ0n) is 12.6. The van der Waals surface area contributed by atoms with Crippen molar-refractivity contribution in [3.63, 3.8) is 0 Å². The van der Waals surface area contributed by atoms with Crippen LogP contribution in [0.25, 0.3) is 11.3 Å². The van der Waals surface area contributed by atoms with Crippen LogP contribution in [0.4, 0.5) is 0 Å². The Hall–Kier alpha value is -2.05. The third kappa shape index (κ3) is 3.53. The van der Waals surface area contributed by atoms with E-state index in [-0.39, 0.29) is 6.04 Å².